The maximum Gasteiger partial charge on any atom is 0.264 e. The first-order valence-electron chi connectivity index (χ1n) is 20.9. The van der Waals surface area contributed by atoms with Crippen molar-refractivity contribution in [3.05, 3.63) is 77.9 Å². The SMILES string of the molecule is COc1ccc([Si](C)(C)[C@@H]2[C@@H](CC(=O)N3CCC[C@H]3CO)O[C@]3(C(=O)N(Cc4ccc(N5CCCCC5=O)cc4)c4ccc(N5CCCCC5=O)cc43)[C@H]2C)cc1. The number of hydrogen-bond donors (Lipinski definition) is 1. The minimum Gasteiger partial charge on any atom is -0.497 e. The maximum atomic E-state index is 15.5. The summed E-state index contributed by atoms with van der Waals surface area (Å²) < 4.78 is 12.8. The van der Waals surface area contributed by atoms with Crippen LogP contribution in [-0.2, 0) is 36.1 Å². The zero-order valence-electron chi connectivity index (χ0n) is 33.7. The first-order chi connectivity index (χ1) is 27.5. The van der Waals surface area contributed by atoms with E-state index in [0.717, 1.165) is 72.5 Å². The van der Waals surface area contributed by atoms with Gasteiger partial charge in [-0.25, -0.2) is 0 Å². The van der Waals surface area contributed by atoms with Crippen molar-refractivity contribution in [2.24, 2.45) is 5.92 Å². The van der Waals surface area contributed by atoms with E-state index in [1.807, 2.05) is 69.3 Å². The molecule has 0 radical (unpaired) electrons. The van der Waals surface area contributed by atoms with Gasteiger partial charge in [-0.05, 0) is 92.1 Å². The second-order valence-electron chi connectivity index (χ2n) is 17.2. The number of carbonyl (C=O) groups is 4. The molecule has 12 heteroatoms. The Morgan fingerprint density at radius 3 is 2.14 bits per heavy atom. The second-order valence-corrected chi connectivity index (χ2v) is 21.9. The molecule has 4 saturated heterocycles. The van der Waals surface area contributed by atoms with Crippen molar-refractivity contribution in [3.63, 3.8) is 0 Å². The number of carbonyl (C=O) groups excluding carboxylic acids is 4. The van der Waals surface area contributed by atoms with Crippen LogP contribution in [0.1, 0.15) is 75.8 Å². The molecule has 3 aromatic carbocycles. The van der Waals surface area contributed by atoms with Crippen LogP contribution in [0.25, 0.3) is 0 Å². The van der Waals surface area contributed by atoms with Crippen molar-refractivity contribution in [2.45, 2.75) is 108 Å². The molecule has 57 heavy (non-hydrogen) atoms. The lowest BCUT2D eigenvalue weighted by Crippen LogP contribution is -2.52. The van der Waals surface area contributed by atoms with Crippen LogP contribution in [0.2, 0.25) is 18.6 Å². The number of ether oxygens (including phenoxy) is 2. The van der Waals surface area contributed by atoms with Crippen LogP contribution in [0.4, 0.5) is 17.1 Å². The van der Waals surface area contributed by atoms with Gasteiger partial charge in [-0.15, -0.1) is 0 Å². The molecule has 1 spiro atoms. The monoisotopic (exact) mass is 792 g/mol. The van der Waals surface area contributed by atoms with Gasteiger partial charge < -0.3 is 34.2 Å². The Balaban J connectivity index is 1.21. The third-order valence-electron chi connectivity index (χ3n) is 13.7. The summed E-state index contributed by atoms with van der Waals surface area (Å²) in [5, 5.41) is 11.3. The van der Waals surface area contributed by atoms with Crippen LogP contribution >= 0.6 is 0 Å². The molecule has 8 rings (SSSR count). The summed E-state index contributed by atoms with van der Waals surface area (Å²) in [6, 6.07) is 21.8. The highest BCUT2D eigenvalue weighted by Gasteiger charge is 2.66. The molecule has 5 aliphatic rings. The molecule has 5 atom stereocenters. The smallest absolute Gasteiger partial charge is 0.264 e. The zero-order valence-corrected chi connectivity index (χ0v) is 34.7. The lowest BCUT2D eigenvalue weighted by atomic mass is 9.82. The number of nitrogens with zero attached hydrogens (tertiary/aromatic N) is 4. The normalized spacial score (nSPS) is 26.5. The van der Waals surface area contributed by atoms with E-state index in [4.69, 9.17) is 9.47 Å². The van der Waals surface area contributed by atoms with Gasteiger partial charge in [-0.1, -0.05) is 49.5 Å². The fourth-order valence-electron chi connectivity index (χ4n) is 10.6. The molecule has 0 aliphatic carbocycles. The average Bonchev–Trinajstić information content (AvgIpc) is 3.89. The highest BCUT2D eigenvalue weighted by molar-refractivity contribution is 6.91. The Labute approximate surface area is 336 Å². The number of piperidine rings is 2. The number of amides is 4. The van der Waals surface area contributed by atoms with Gasteiger partial charge in [-0.3, -0.25) is 19.2 Å². The first-order valence-corrected chi connectivity index (χ1v) is 23.9. The molecule has 4 fully saturated rings. The highest BCUT2D eigenvalue weighted by atomic mass is 28.3. The number of aliphatic hydroxyl groups is 1. The van der Waals surface area contributed by atoms with Crippen LogP contribution in [0.3, 0.4) is 0 Å². The maximum absolute atomic E-state index is 15.5. The second kappa shape index (κ2) is 15.7. The van der Waals surface area contributed by atoms with E-state index >= 15 is 4.79 Å². The van der Waals surface area contributed by atoms with Crippen LogP contribution < -0.4 is 24.6 Å². The summed E-state index contributed by atoms with van der Waals surface area (Å²) in [5.74, 6) is 0.404. The molecule has 302 valence electrons. The van der Waals surface area contributed by atoms with E-state index in [9.17, 15) is 19.5 Å². The number of methoxy groups -OCH3 is 1. The quantitative estimate of drug-likeness (QED) is 0.256. The molecule has 0 saturated carbocycles. The molecule has 1 N–H and O–H groups in total. The van der Waals surface area contributed by atoms with E-state index in [-0.39, 0.29) is 54.2 Å². The first kappa shape index (κ1) is 39.3. The van der Waals surface area contributed by atoms with Gasteiger partial charge in [0.1, 0.15) is 5.75 Å². The van der Waals surface area contributed by atoms with E-state index in [1.165, 1.54) is 5.19 Å². The molecule has 0 unspecified atom stereocenters. The topological polar surface area (TPSA) is 120 Å². The molecule has 0 aromatic heterocycles. The summed E-state index contributed by atoms with van der Waals surface area (Å²) in [6.45, 7) is 8.85. The summed E-state index contributed by atoms with van der Waals surface area (Å²) in [7, 11) is -0.883. The number of benzene rings is 3. The Morgan fingerprint density at radius 2 is 1.51 bits per heavy atom. The third-order valence-corrected chi connectivity index (χ3v) is 18.0. The van der Waals surface area contributed by atoms with E-state index in [2.05, 4.69) is 32.2 Å². The lowest BCUT2D eigenvalue weighted by Gasteiger charge is -2.37. The number of aliphatic hydroxyl groups excluding tert-OH is 1. The predicted octanol–water partition coefficient (Wildman–Crippen LogP) is 5.87. The van der Waals surface area contributed by atoms with Gasteiger partial charge in [0, 0.05) is 55.3 Å². The van der Waals surface area contributed by atoms with Gasteiger partial charge in [0.15, 0.2) is 5.60 Å². The lowest BCUT2D eigenvalue weighted by molar-refractivity contribution is -0.150. The Hall–Kier alpha value is -4.52. The average molecular weight is 793 g/mol. The molecule has 5 heterocycles. The number of rotatable bonds is 10. The standard InChI is InChI=1S/C45H56N4O7Si/c1-30-43(57(3,4)36-20-18-35(55-2)19-21-36)39(27-42(53)48-25-9-10-34(48)29-50)56-45(30)37-26-33(47-24-8-6-12-41(47)52)17-22-38(37)49(44(45)54)28-31-13-15-32(16-14-31)46-23-7-5-11-40(46)51/h13-22,26,30,34,39,43,50H,5-12,23-25,27-29H2,1-4H3/t30-,34-,39+,43-,45+/m0/s1. The Morgan fingerprint density at radius 1 is 0.860 bits per heavy atom. The van der Waals surface area contributed by atoms with Gasteiger partial charge in [-0.2, -0.15) is 0 Å². The Kier molecular flexibility index (Phi) is 10.8. The summed E-state index contributed by atoms with van der Waals surface area (Å²) in [5.41, 5.74) is 2.45. The van der Waals surface area contributed by atoms with Crippen molar-refractivity contribution in [1.29, 1.82) is 0 Å². The van der Waals surface area contributed by atoms with Crippen molar-refractivity contribution in [3.8, 4) is 5.75 Å². The molecular weight excluding hydrogens is 737 g/mol. The summed E-state index contributed by atoms with van der Waals surface area (Å²) in [6.07, 6.45) is 5.82. The zero-order chi connectivity index (χ0) is 40.1. The van der Waals surface area contributed by atoms with Gasteiger partial charge >= 0.3 is 0 Å². The van der Waals surface area contributed by atoms with E-state index in [0.29, 0.717) is 39.0 Å². The number of fused-ring (bicyclic) bond motifs is 2. The summed E-state index contributed by atoms with van der Waals surface area (Å²) in [4.78, 5) is 63.0. The molecule has 5 aliphatic heterocycles. The fourth-order valence-corrected chi connectivity index (χ4v) is 14.6. The van der Waals surface area contributed by atoms with Crippen molar-refractivity contribution >= 4 is 54.0 Å². The van der Waals surface area contributed by atoms with Crippen LogP contribution in [0.5, 0.6) is 5.75 Å². The predicted molar refractivity (Wildman–Crippen MR) is 222 cm³/mol. The molecule has 11 nitrogen and oxygen atoms in total. The number of likely N-dealkylation sites (tertiary alicyclic amines) is 1. The molecule has 4 amide bonds. The molecular formula is C45H56N4O7Si. The van der Waals surface area contributed by atoms with Gasteiger partial charge in [0.2, 0.25) is 17.7 Å². The van der Waals surface area contributed by atoms with E-state index < -0.39 is 19.8 Å². The minimum absolute atomic E-state index is 0.0622. The largest absolute Gasteiger partial charge is 0.497 e. The number of hydrogen-bond acceptors (Lipinski definition) is 7. The van der Waals surface area contributed by atoms with Gasteiger partial charge in [0.25, 0.3) is 5.91 Å². The number of anilines is 3. The van der Waals surface area contributed by atoms with Crippen molar-refractivity contribution in [2.75, 3.05) is 48.1 Å². The van der Waals surface area contributed by atoms with Crippen molar-refractivity contribution in [1.82, 2.24) is 4.90 Å². The van der Waals surface area contributed by atoms with Crippen LogP contribution in [0, 0.1) is 5.92 Å². The van der Waals surface area contributed by atoms with Gasteiger partial charge in [0.05, 0.1) is 52.6 Å². The van der Waals surface area contributed by atoms with Crippen LogP contribution in [0.15, 0.2) is 66.7 Å². The van der Waals surface area contributed by atoms with E-state index in [1.54, 1.807) is 12.0 Å². The van der Waals surface area contributed by atoms with Crippen LogP contribution in [-0.4, -0.2) is 87.2 Å². The summed E-state index contributed by atoms with van der Waals surface area (Å²) >= 11 is 0. The highest BCUT2D eigenvalue weighted by Crippen LogP contribution is 2.60. The van der Waals surface area contributed by atoms with Crippen molar-refractivity contribution < 1.29 is 33.8 Å². The Bertz CT molecular complexity index is 2020. The minimum atomic E-state index is -2.53. The third kappa shape index (κ3) is 6.87. The molecule has 0 bridgehead atoms. The molecule has 3 aromatic rings. The fraction of sp³-hybridized carbons (Fsp3) is 0.511.